The van der Waals surface area contributed by atoms with E-state index >= 15 is 0 Å². The van der Waals surface area contributed by atoms with Crippen molar-refractivity contribution < 1.29 is 9.59 Å². The van der Waals surface area contributed by atoms with Crippen LogP contribution in [0.3, 0.4) is 0 Å². The molecule has 0 aliphatic carbocycles. The number of pyridine rings is 1. The summed E-state index contributed by atoms with van der Waals surface area (Å²) in [6.07, 6.45) is 3.15. The first-order valence-corrected chi connectivity index (χ1v) is 9.85. The van der Waals surface area contributed by atoms with Gasteiger partial charge in [0, 0.05) is 29.2 Å². The summed E-state index contributed by atoms with van der Waals surface area (Å²) in [5, 5.41) is 2.95. The van der Waals surface area contributed by atoms with Crippen LogP contribution in [0.15, 0.2) is 66.9 Å². The molecule has 146 valence electrons. The molecular weight excluding hydrogens is 362 g/mol. The van der Waals surface area contributed by atoms with Crippen LogP contribution in [0.1, 0.15) is 45.8 Å². The van der Waals surface area contributed by atoms with Crippen LogP contribution in [-0.4, -0.2) is 22.8 Å². The van der Waals surface area contributed by atoms with Gasteiger partial charge in [0.1, 0.15) is 5.69 Å². The molecule has 0 spiro atoms. The topological polar surface area (TPSA) is 62.3 Å². The molecule has 1 atom stereocenters. The van der Waals surface area contributed by atoms with Crippen molar-refractivity contribution in [2.75, 3.05) is 10.2 Å². The number of hydrogen-bond acceptors (Lipinski definition) is 3. The fraction of sp³-hybridized carbons (Fsp3) is 0.208. The van der Waals surface area contributed by atoms with E-state index in [0.717, 1.165) is 35.3 Å². The Kier molecular flexibility index (Phi) is 5.12. The van der Waals surface area contributed by atoms with Crippen molar-refractivity contribution in [2.45, 2.75) is 32.7 Å². The summed E-state index contributed by atoms with van der Waals surface area (Å²) in [5.41, 5.74) is 4.59. The quantitative estimate of drug-likeness (QED) is 0.720. The molecule has 1 N–H and O–H groups in total. The summed E-state index contributed by atoms with van der Waals surface area (Å²) < 4.78 is 0. The van der Waals surface area contributed by atoms with E-state index < -0.39 is 0 Å². The minimum Gasteiger partial charge on any atom is -0.322 e. The number of nitrogens with one attached hydrogen (secondary N) is 1. The second-order valence-electron chi connectivity index (χ2n) is 7.25. The fourth-order valence-corrected chi connectivity index (χ4v) is 3.83. The lowest BCUT2D eigenvalue weighted by molar-refractivity contribution is 0.0976. The zero-order valence-corrected chi connectivity index (χ0v) is 16.6. The van der Waals surface area contributed by atoms with Gasteiger partial charge in [-0.25, -0.2) is 0 Å². The molecule has 2 aromatic carbocycles. The Hall–Kier alpha value is -3.47. The Morgan fingerprint density at radius 2 is 1.86 bits per heavy atom. The number of carbonyl (C=O) groups is 2. The van der Waals surface area contributed by atoms with Crippen LogP contribution in [0.2, 0.25) is 0 Å². The fourth-order valence-electron chi connectivity index (χ4n) is 3.83. The highest BCUT2D eigenvalue weighted by molar-refractivity contribution is 6.09. The molecule has 1 aromatic heterocycles. The third-order valence-electron chi connectivity index (χ3n) is 5.31. The van der Waals surface area contributed by atoms with Gasteiger partial charge >= 0.3 is 0 Å². The third-order valence-corrected chi connectivity index (χ3v) is 5.31. The average Bonchev–Trinajstić information content (AvgIpc) is 3.09. The van der Waals surface area contributed by atoms with Gasteiger partial charge in [-0.3, -0.25) is 14.6 Å². The van der Waals surface area contributed by atoms with Crippen molar-refractivity contribution in [3.63, 3.8) is 0 Å². The van der Waals surface area contributed by atoms with Crippen molar-refractivity contribution in [2.24, 2.45) is 0 Å². The SMILES string of the molecule is CCc1ccccc1NC(=O)c1ccnc(C(=O)N2c3ccccc3CC2C)c1. The van der Waals surface area contributed by atoms with Crippen molar-refractivity contribution >= 4 is 23.2 Å². The molecule has 2 heterocycles. The number of amides is 2. The highest BCUT2D eigenvalue weighted by Crippen LogP contribution is 2.32. The molecule has 0 bridgehead atoms. The highest BCUT2D eigenvalue weighted by atomic mass is 16.2. The average molecular weight is 385 g/mol. The van der Waals surface area contributed by atoms with Crippen LogP contribution in [0.25, 0.3) is 0 Å². The molecular formula is C24H23N3O2. The number of carbonyl (C=O) groups excluding carboxylic acids is 2. The van der Waals surface area contributed by atoms with Gasteiger partial charge in [-0.05, 0) is 55.2 Å². The molecule has 0 saturated heterocycles. The van der Waals surface area contributed by atoms with E-state index in [1.165, 1.54) is 6.20 Å². The minimum absolute atomic E-state index is 0.0515. The van der Waals surface area contributed by atoms with Gasteiger partial charge in [0.15, 0.2) is 0 Å². The Labute approximate surface area is 170 Å². The Morgan fingerprint density at radius 3 is 2.69 bits per heavy atom. The molecule has 1 aliphatic rings. The summed E-state index contributed by atoms with van der Waals surface area (Å²) in [7, 11) is 0. The van der Waals surface area contributed by atoms with Crippen LogP contribution in [0.5, 0.6) is 0 Å². The number of benzene rings is 2. The molecule has 0 saturated carbocycles. The molecule has 29 heavy (non-hydrogen) atoms. The first-order valence-electron chi connectivity index (χ1n) is 9.85. The molecule has 2 amide bonds. The smallest absolute Gasteiger partial charge is 0.277 e. The van der Waals surface area contributed by atoms with Gasteiger partial charge in [-0.2, -0.15) is 0 Å². The number of rotatable bonds is 4. The highest BCUT2D eigenvalue weighted by Gasteiger charge is 2.32. The van der Waals surface area contributed by atoms with Crippen LogP contribution in [0, 0.1) is 0 Å². The van der Waals surface area contributed by atoms with Gasteiger partial charge in [0.05, 0.1) is 0 Å². The first kappa shape index (κ1) is 18.9. The summed E-state index contributed by atoms with van der Waals surface area (Å²) >= 11 is 0. The summed E-state index contributed by atoms with van der Waals surface area (Å²) in [4.78, 5) is 32.0. The minimum atomic E-state index is -0.253. The van der Waals surface area contributed by atoms with E-state index in [4.69, 9.17) is 0 Å². The number of fused-ring (bicyclic) bond motifs is 1. The zero-order valence-electron chi connectivity index (χ0n) is 16.6. The maximum Gasteiger partial charge on any atom is 0.277 e. The van der Waals surface area contributed by atoms with Crippen molar-refractivity contribution in [3.05, 3.63) is 89.2 Å². The maximum absolute atomic E-state index is 13.2. The zero-order chi connectivity index (χ0) is 20.4. The summed E-state index contributed by atoms with van der Waals surface area (Å²) in [6.45, 7) is 4.07. The molecule has 4 rings (SSSR count). The number of nitrogens with zero attached hydrogens (tertiary/aromatic N) is 2. The van der Waals surface area contributed by atoms with E-state index in [9.17, 15) is 9.59 Å². The van der Waals surface area contributed by atoms with E-state index in [1.807, 2.05) is 62.4 Å². The summed E-state index contributed by atoms with van der Waals surface area (Å²) in [6, 6.07) is 18.9. The van der Waals surface area contributed by atoms with Crippen LogP contribution in [-0.2, 0) is 12.8 Å². The molecule has 1 unspecified atom stereocenters. The lowest BCUT2D eigenvalue weighted by Gasteiger charge is -2.22. The molecule has 5 nitrogen and oxygen atoms in total. The predicted octanol–water partition coefficient (Wildman–Crippen LogP) is 4.49. The standard InChI is InChI=1S/C24H23N3O2/c1-3-17-8-4-6-10-20(17)26-23(28)19-12-13-25-21(15-19)24(29)27-16(2)14-18-9-5-7-11-22(18)27/h4-13,15-16H,3,14H2,1-2H3,(H,26,28). The molecule has 0 fully saturated rings. The molecule has 1 aliphatic heterocycles. The van der Waals surface area contributed by atoms with Gasteiger partial charge in [0.2, 0.25) is 0 Å². The van der Waals surface area contributed by atoms with Gasteiger partial charge < -0.3 is 10.2 Å². The van der Waals surface area contributed by atoms with Gasteiger partial charge in [0.25, 0.3) is 11.8 Å². The van der Waals surface area contributed by atoms with E-state index in [2.05, 4.69) is 10.3 Å². The van der Waals surface area contributed by atoms with Crippen molar-refractivity contribution in [1.29, 1.82) is 0 Å². The molecule has 0 radical (unpaired) electrons. The van der Waals surface area contributed by atoms with Crippen molar-refractivity contribution in [1.82, 2.24) is 4.98 Å². The van der Waals surface area contributed by atoms with E-state index in [-0.39, 0.29) is 23.6 Å². The van der Waals surface area contributed by atoms with Gasteiger partial charge in [-0.15, -0.1) is 0 Å². The number of hydrogen-bond donors (Lipinski definition) is 1. The number of aromatic nitrogens is 1. The van der Waals surface area contributed by atoms with E-state index in [0.29, 0.717) is 5.56 Å². The lowest BCUT2D eigenvalue weighted by Crippen LogP contribution is -2.36. The molecule has 5 heteroatoms. The summed E-state index contributed by atoms with van der Waals surface area (Å²) in [5.74, 6) is -0.441. The van der Waals surface area contributed by atoms with Gasteiger partial charge in [-0.1, -0.05) is 43.3 Å². The Morgan fingerprint density at radius 1 is 1.10 bits per heavy atom. The number of aryl methyl sites for hydroxylation is 1. The van der Waals surface area contributed by atoms with Crippen LogP contribution in [0.4, 0.5) is 11.4 Å². The van der Waals surface area contributed by atoms with E-state index in [1.54, 1.807) is 17.0 Å². The second kappa shape index (κ2) is 7.87. The van der Waals surface area contributed by atoms with Crippen LogP contribution >= 0.6 is 0 Å². The second-order valence-corrected chi connectivity index (χ2v) is 7.25. The lowest BCUT2D eigenvalue weighted by atomic mass is 10.1. The Bertz CT molecular complexity index is 1080. The predicted molar refractivity (Wildman–Crippen MR) is 114 cm³/mol. The maximum atomic E-state index is 13.2. The molecule has 3 aromatic rings. The first-order chi connectivity index (χ1) is 14.1. The monoisotopic (exact) mass is 385 g/mol. The Balaban J connectivity index is 1.59. The number of para-hydroxylation sites is 2. The largest absolute Gasteiger partial charge is 0.322 e. The number of anilines is 2. The van der Waals surface area contributed by atoms with Crippen molar-refractivity contribution in [3.8, 4) is 0 Å². The normalized spacial score (nSPS) is 15.1. The van der Waals surface area contributed by atoms with Crippen LogP contribution < -0.4 is 10.2 Å². The third kappa shape index (κ3) is 3.63.